The van der Waals surface area contributed by atoms with E-state index in [2.05, 4.69) is 15.4 Å². The number of aromatic nitrogens is 3. The average Bonchev–Trinajstić information content (AvgIpc) is 3.21. The van der Waals surface area contributed by atoms with Gasteiger partial charge in [-0.05, 0) is 50.5 Å². The van der Waals surface area contributed by atoms with E-state index >= 15 is 0 Å². The highest BCUT2D eigenvalue weighted by molar-refractivity contribution is 7.89. The monoisotopic (exact) mass is 427 g/mol. The molecule has 1 aliphatic rings. The molecule has 3 heterocycles. The van der Waals surface area contributed by atoms with Crippen LogP contribution in [0.5, 0.6) is 0 Å². The zero-order valence-electron chi connectivity index (χ0n) is 17.1. The van der Waals surface area contributed by atoms with Gasteiger partial charge in [0.15, 0.2) is 0 Å². The van der Waals surface area contributed by atoms with E-state index in [0.717, 1.165) is 12.1 Å². The fraction of sp³-hybridized carbons (Fsp3) is 0.381. The molecule has 1 saturated heterocycles. The van der Waals surface area contributed by atoms with E-state index in [9.17, 15) is 13.2 Å². The number of hydrogen-bond donors (Lipinski definition) is 1. The molecule has 1 amide bonds. The van der Waals surface area contributed by atoms with E-state index < -0.39 is 10.0 Å². The number of nitrogens with zero attached hydrogens (tertiary/aromatic N) is 4. The summed E-state index contributed by atoms with van der Waals surface area (Å²) >= 11 is 0. The number of amides is 1. The first kappa shape index (κ1) is 20.5. The Morgan fingerprint density at radius 2 is 2.00 bits per heavy atom. The van der Waals surface area contributed by atoms with Gasteiger partial charge in [0.25, 0.3) is 0 Å². The van der Waals surface area contributed by atoms with Crippen molar-refractivity contribution in [1.82, 2.24) is 19.1 Å². The Labute approximate surface area is 176 Å². The SMILES string of the molecule is CCn1cc(NC(=O)C2CCN(S(=O)(=O)c3ccc(C)c4ncccc34)CC2)cn1. The minimum absolute atomic E-state index is 0.0901. The second-order valence-electron chi connectivity index (χ2n) is 7.53. The first-order valence-electron chi connectivity index (χ1n) is 10.1. The van der Waals surface area contributed by atoms with Crippen molar-refractivity contribution in [3.63, 3.8) is 0 Å². The topological polar surface area (TPSA) is 97.2 Å². The molecule has 0 atom stereocenters. The fourth-order valence-corrected chi connectivity index (χ4v) is 5.51. The highest BCUT2D eigenvalue weighted by atomic mass is 32.2. The van der Waals surface area contributed by atoms with Crippen molar-refractivity contribution in [3.05, 3.63) is 48.4 Å². The maximum atomic E-state index is 13.3. The van der Waals surface area contributed by atoms with Crippen LogP contribution in [0, 0.1) is 12.8 Å². The third-order valence-corrected chi connectivity index (χ3v) is 7.56. The Bertz CT molecular complexity index is 1180. The number of carbonyl (C=O) groups excluding carboxylic acids is 1. The van der Waals surface area contributed by atoms with Crippen LogP contribution >= 0.6 is 0 Å². The Kier molecular flexibility index (Phi) is 5.57. The molecule has 0 radical (unpaired) electrons. The summed E-state index contributed by atoms with van der Waals surface area (Å²) in [4.78, 5) is 17.2. The predicted octanol–water partition coefficient (Wildman–Crippen LogP) is 2.80. The summed E-state index contributed by atoms with van der Waals surface area (Å²) in [6.45, 7) is 5.24. The first-order chi connectivity index (χ1) is 14.4. The van der Waals surface area contributed by atoms with E-state index in [-0.39, 0.29) is 16.7 Å². The van der Waals surface area contributed by atoms with Crippen molar-refractivity contribution in [3.8, 4) is 0 Å². The zero-order valence-corrected chi connectivity index (χ0v) is 17.9. The quantitative estimate of drug-likeness (QED) is 0.675. The summed E-state index contributed by atoms with van der Waals surface area (Å²) in [6, 6.07) is 6.98. The maximum Gasteiger partial charge on any atom is 0.243 e. The first-order valence-corrected chi connectivity index (χ1v) is 11.5. The zero-order chi connectivity index (χ0) is 21.3. The van der Waals surface area contributed by atoms with Crippen LogP contribution in [-0.2, 0) is 21.4 Å². The van der Waals surface area contributed by atoms with Crippen LogP contribution in [-0.4, -0.2) is 46.5 Å². The number of hydrogen-bond acceptors (Lipinski definition) is 5. The van der Waals surface area contributed by atoms with Crippen LogP contribution in [0.4, 0.5) is 5.69 Å². The lowest BCUT2D eigenvalue weighted by Gasteiger charge is -2.30. The van der Waals surface area contributed by atoms with Gasteiger partial charge in [-0.2, -0.15) is 9.40 Å². The lowest BCUT2D eigenvalue weighted by molar-refractivity contribution is -0.120. The molecule has 4 rings (SSSR count). The Morgan fingerprint density at radius 1 is 1.23 bits per heavy atom. The summed E-state index contributed by atoms with van der Waals surface area (Å²) in [5, 5.41) is 7.66. The van der Waals surface area contributed by atoms with Crippen LogP contribution in [0.2, 0.25) is 0 Å². The molecule has 0 saturated carbocycles. The van der Waals surface area contributed by atoms with Crippen molar-refractivity contribution in [1.29, 1.82) is 0 Å². The van der Waals surface area contributed by atoms with Gasteiger partial charge in [-0.3, -0.25) is 14.5 Å². The summed E-state index contributed by atoms with van der Waals surface area (Å²) in [7, 11) is -3.67. The number of sulfonamides is 1. The maximum absolute atomic E-state index is 13.3. The van der Waals surface area contributed by atoms with E-state index in [1.54, 1.807) is 47.5 Å². The number of fused-ring (bicyclic) bond motifs is 1. The molecular formula is C21H25N5O3S. The van der Waals surface area contributed by atoms with Crippen LogP contribution in [0.25, 0.3) is 10.9 Å². The Balaban J connectivity index is 1.47. The Hall–Kier alpha value is -2.78. The van der Waals surface area contributed by atoms with Gasteiger partial charge in [-0.25, -0.2) is 8.42 Å². The molecule has 0 aliphatic carbocycles. The molecule has 8 nitrogen and oxygen atoms in total. The molecule has 0 unspecified atom stereocenters. The van der Waals surface area contributed by atoms with Gasteiger partial charge in [0, 0.05) is 43.3 Å². The molecule has 2 aromatic heterocycles. The molecule has 0 spiro atoms. The summed E-state index contributed by atoms with van der Waals surface area (Å²) in [5.74, 6) is -0.314. The van der Waals surface area contributed by atoms with Crippen LogP contribution < -0.4 is 5.32 Å². The van der Waals surface area contributed by atoms with E-state index in [1.807, 2.05) is 13.8 Å². The van der Waals surface area contributed by atoms with Gasteiger partial charge in [0.2, 0.25) is 15.9 Å². The number of pyridine rings is 1. The molecule has 158 valence electrons. The van der Waals surface area contributed by atoms with Crippen LogP contribution in [0.15, 0.2) is 47.8 Å². The molecule has 1 fully saturated rings. The highest BCUT2D eigenvalue weighted by Gasteiger charge is 2.33. The molecule has 1 N–H and O–H groups in total. The third-order valence-electron chi connectivity index (χ3n) is 5.60. The van der Waals surface area contributed by atoms with Gasteiger partial charge in [-0.15, -0.1) is 0 Å². The van der Waals surface area contributed by atoms with Crippen molar-refractivity contribution in [2.24, 2.45) is 5.92 Å². The van der Waals surface area contributed by atoms with Gasteiger partial charge >= 0.3 is 0 Å². The number of anilines is 1. The second-order valence-corrected chi connectivity index (χ2v) is 9.44. The minimum Gasteiger partial charge on any atom is -0.323 e. The predicted molar refractivity (Wildman–Crippen MR) is 114 cm³/mol. The molecule has 1 aromatic carbocycles. The molecule has 1 aliphatic heterocycles. The molecule has 3 aromatic rings. The fourth-order valence-electron chi connectivity index (χ4n) is 3.86. The van der Waals surface area contributed by atoms with Crippen molar-refractivity contribution < 1.29 is 13.2 Å². The lowest BCUT2D eigenvalue weighted by Crippen LogP contribution is -2.41. The standard InChI is InChI=1S/C21H25N5O3S/c1-3-25-14-17(13-23-25)24-21(27)16-8-11-26(12-9-16)30(28,29)19-7-6-15(2)20-18(19)5-4-10-22-20/h4-7,10,13-14,16H,3,8-9,11-12H2,1-2H3,(H,24,27). The normalized spacial score (nSPS) is 16.1. The smallest absolute Gasteiger partial charge is 0.243 e. The van der Waals surface area contributed by atoms with Gasteiger partial charge in [0.1, 0.15) is 0 Å². The van der Waals surface area contributed by atoms with Gasteiger partial charge < -0.3 is 5.32 Å². The summed E-state index contributed by atoms with van der Waals surface area (Å²) in [6.07, 6.45) is 6.04. The summed E-state index contributed by atoms with van der Waals surface area (Å²) < 4.78 is 29.8. The number of aryl methyl sites for hydroxylation is 2. The number of carbonyl (C=O) groups is 1. The molecule has 30 heavy (non-hydrogen) atoms. The van der Waals surface area contributed by atoms with Crippen molar-refractivity contribution >= 4 is 32.5 Å². The number of benzene rings is 1. The minimum atomic E-state index is -3.67. The van der Waals surface area contributed by atoms with E-state index in [4.69, 9.17) is 0 Å². The van der Waals surface area contributed by atoms with Crippen molar-refractivity contribution in [2.75, 3.05) is 18.4 Å². The van der Waals surface area contributed by atoms with Crippen LogP contribution in [0.1, 0.15) is 25.3 Å². The van der Waals surface area contributed by atoms with E-state index in [0.29, 0.717) is 42.5 Å². The number of nitrogens with one attached hydrogen (secondary N) is 1. The number of rotatable bonds is 5. The average molecular weight is 428 g/mol. The van der Waals surface area contributed by atoms with E-state index in [1.165, 1.54) is 4.31 Å². The molecule has 9 heteroatoms. The van der Waals surface area contributed by atoms with Crippen molar-refractivity contribution in [2.45, 2.75) is 38.1 Å². The Morgan fingerprint density at radius 3 is 2.70 bits per heavy atom. The molecule has 0 bridgehead atoms. The largest absolute Gasteiger partial charge is 0.323 e. The van der Waals surface area contributed by atoms with Gasteiger partial charge in [-0.1, -0.05) is 6.07 Å². The third kappa shape index (κ3) is 3.82. The second kappa shape index (κ2) is 8.16. The van der Waals surface area contributed by atoms with Gasteiger partial charge in [0.05, 0.1) is 22.3 Å². The van der Waals surface area contributed by atoms with Crippen LogP contribution in [0.3, 0.4) is 0 Å². The summed E-state index contributed by atoms with van der Waals surface area (Å²) in [5.41, 5.74) is 2.29. The molecular weight excluding hydrogens is 402 g/mol. The lowest BCUT2D eigenvalue weighted by atomic mass is 9.97. The highest BCUT2D eigenvalue weighted by Crippen LogP contribution is 2.30. The number of piperidine rings is 1.